The zero-order valence-electron chi connectivity index (χ0n) is 14.3. The number of aryl methyl sites for hydroxylation is 1. The first-order valence-electron chi connectivity index (χ1n) is 8.19. The molecule has 0 aromatic heterocycles. The van der Waals surface area contributed by atoms with Crippen molar-refractivity contribution in [1.82, 2.24) is 0 Å². The fourth-order valence-electron chi connectivity index (χ4n) is 3.03. The smallest absolute Gasteiger partial charge is 0.258 e. The molecule has 0 aliphatic carbocycles. The molecule has 6 nitrogen and oxygen atoms in total. The van der Waals surface area contributed by atoms with Crippen LogP contribution >= 0.6 is 11.6 Å². The molecule has 0 radical (unpaired) electrons. The van der Waals surface area contributed by atoms with E-state index in [0.717, 1.165) is 24.1 Å². The van der Waals surface area contributed by atoms with Crippen molar-refractivity contribution < 1.29 is 19.1 Å². The van der Waals surface area contributed by atoms with Crippen molar-refractivity contribution in [2.45, 2.75) is 12.8 Å². The largest absolute Gasteiger partial charge is 0.493 e. The van der Waals surface area contributed by atoms with E-state index < -0.39 is 5.91 Å². The molecule has 0 spiro atoms. The standard InChI is InChI=1S/C19H19ClN2O4/c1-25-16-10-13(9-14(20)18(16)26-11-17(21)23)19(24)22-8-4-6-12-5-2-3-7-15(12)22/h2-3,5,7,9-10H,4,6,8,11H2,1H3,(H2,21,23). The highest BCUT2D eigenvalue weighted by Gasteiger charge is 2.25. The molecule has 1 heterocycles. The molecular formula is C19H19ClN2O4. The van der Waals surface area contributed by atoms with Gasteiger partial charge in [-0.1, -0.05) is 29.8 Å². The lowest BCUT2D eigenvalue weighted by Gasteiger charge is -2.29. The number of benzene rings is 2. The van der Waals surface area contributed by atoms with Crippen LogP contribution in [0.2, 0.25) is 5.02 Å². The number of halogens is 1. The van der Waals surface area contributed by atoms with Gasteiger partial charge in [0.1, 0.15) is 0 Å². The van der Waals surface area contributed by atoms with Crippen molar-refractivity contribution >= 4 is 29.1 Å². The van der Waals surface area contributed by atoms with Gasteiger partial charge < -0.3 is 20.1 Å². The van der Waals surface area contributed by atoms with Crippen molar-refractivity contribution in [2.24, 2.45) is 5.73 Å². The Morgan fingerprint density at radius 2 is 2.04 bits per heavy atom. The van der Waals surface area contributed by atoms with Gasteiger partial charge in [0.15, 0.2) is 18.1 Å². The number of hydrogen-bond donors (Lipinski definition) is 1. The highest BCUT2D eigenvalue weighted by Crippen LogP contribution is 2.37. The number of anilines is 1. The number of carbonyl (C=O) groups excluding carboxylic acids is 2. The molecule has 0 saturated heterocycles. The Kier molecular flexibility index (Phi) is 5.32. The monoisotopic (exact) mass is 374 g/mol. The predicted molar refractivity (Wildman–Crippen MR) is 99.1 cm³/mol. The molecule has 2 amide bonds. The minimum absolute atomic E-state index is 0.168. The van der Waals surface area contributed by atoms with Crippen LogP contribution in [0.1, 0.15) is 22.3 Å². The molecule has 3 rings (SSSR count). The van der Waals surface area contributed by atoms with Crippen LogP contribution in [0.25, 0.3) is 0 Å². The normalized spacial score (nSPS) is 13.1. The van der Waals surface area contributed by atoms with Crippen LogP contribution < -0.4 is 20.1 Å². The molecule has 1 aliphatic heterocycles. The lowest BCUT2D eigenvalue weighted by molar-refractivity contribution is -0.119. The number of ether oxygens (including phenoxy) is 2. The Labute approximate surface area is 156 Å². The van der Waals surface area contributed by atoms with Gasteiger partial charge in [-0.2, -0.15) is 0 Å². The SMILES string of the molecule is COc1cc(C(=O)N2CCCc3ccccc32)cc(Cl)c1OCC(N)=O. The van der Waals surface area contributed by atoms with Crippen molar-refractivity contribution in [2.75, 3.05) is 25.2 Å². The van der Waals surface area contributed by atoms with Crippen LogP contribution in [0.15, 0.2) is 36.4 Å². The van der Waals surface area contributed by atoms with E-state index in [1.165, 1.54) is 13.2 Å². The molecule has 0 fully saturated rings. The first-order chi connectivity index (χ1) is 12.5. The summed E-state index contributed by atoms with van der Waals surface area (Å²) in [6.45, 7) is 0.304. The topological polar surface area (TPSA) is 81.9 Å². The third-order valence-corrected chi connectivity index (χ3v) is 4.47. The van der Waals surface area contributed by atoms with Crippen LogP contribution in [0, 0.1) is 0 Å². The van der Waals surface area contributed by atoms with Crippen molar-refractivity contribution in [1.29, 1.82) is 0 Å². The number of carbonyl (C=O) groups is 2. The number of nitrogens with zero attached hydrogens (tertiary/aromatic N) is 1. The van der Waals surface area contributed by atoms with Gasteiger partial charge in [0.2, 0.25) is 0 Å². The molecule has 0 saturated carbocycles. The molecule has 136 valence electrons. The molecule has 2 aromatic carbocycles. The molecule has 0 atom stereocenters. The second-order valence-electron chi connectivity index (χ2n) is 5.93. The average molecular weight is 375 g/mol. The molecule has 7 heteroatoms. The number of primary amides is 1. The number of fused-ring (bicyclic) bond motifs is 1. The van der Waals surface area contributed by atoms with Crippen LogP contribution in [-0.2, 0) is 11.2 Å². The molecule has 2 aromatic rings. The van der Waals surface area contributed by atoms with Gasteiger partial charge in [-0.05, 0) is 36.6 Å². The Morgan fingerprint density at radius 1 is 1.27 bits per heavy atom. The molecule has 2 N–H and O–H groups in total. The summed E-state index contributed by atoms with van der Waals surface area (Å²) in [5.74, 6) is -0.344. The predicted octanol–water partition coefficient (Wildman–Crippen LogP) is 2.81. The summed E-state index contributed by atoms with van der Waals surface area (Å²) < 4.78 is 10.6. The van der Waals surface area contributed by atoms with Gasteiger partial charge in [0, 0.05) is 17.8 Å². The Hall–Kier alpha value is -2.73. The van der Waals surface area contributed by atoms with Crippen LogP contribution in [0.3, 0.4) is 0 Å². The van der Waals surface area contributed by atoms with E-state index in [4.69, 9.17) is 26.8 Å². The van der Waals surface area contributed by atoms with Crippen molar-refractivity contribution in [3.8, 4) is 11.5 Å². The maximum absolute atomic E-state index is 13.1. The van der Waals surface area contributed by atoms with Crippen molar-refractivity contribution in [3.63, 3.8) is 0 Å². The van der Waals surface area contributed by atoms with Crippen LogP contribution in [-0.4, -0.2) is 32.1 Å². The fraction of sp³-hybridized carbons (Fsp3) is 0.263. The maximum atomic E-state index is 13.1. The fourth-order valence-corrected chi connectivity index (χ4v) is 3.29. The first kappa shape index (κ1) is 18.1. The van der Waals surface area contributed by atoms with E-state index >= 15 is 0 Å². The van der Waals surface area contributed by atoms with E-state index in [-0.39, 0.29) is 29.0 Å². The molecule has 26 heavy (non-hydrogen) atoms. The van der Waals surface area contributed by atoms with E-state index in [2.05, 4.69) is 0 Å². The minimum Gasteiger partial charge on any atom is -0.493 e. The molecular weight excluding hydrogens is 356 g/mol. The first-order valence-corrected chi connectivity index (χ1v) is 8.57. The average Bonchev–Trinajstić information content (AvgIpc) is 2.65. The third kappa shape index (κ3) is 3.60. The van der Waals surface area contributed by atoms with Gasteiger partial charge in [-0.15, -0.1) is 0 Å². The van der Waals surface area contributed by atoms with Gasteiger partial charge in [0.25, 0.3) is 11.8 Å². The second kappa shape index (κ2) is 7.66. The van der Waals surface area contributed by atoms with Gasteiger partial charge >= 0.3 is 0 Å². The van der Waals surface area contributed by atoms with Crippen LogP contribution in [0.5, 0.6) is 11.5 Å². The zero-order valence-corrected chi connectivity index (χ0v) is 15.1. The number of amides is 2. The second-order valence-corrected chi connectivity index (χ2v) is 6.34. The highest BCUT2D eigenvalue weighted by atomic mass is 35.5. The van der Waals surface area contributed by atoms with Crippen molar-refractivity contribution in [3.05, 3.63) is 52.5 Å². The molecule has 1 aliphatic rings. The maximum Gasteiger partial charge on any atom is 0.258 e. The van der Waals surface area contributed by atoms with Crippen LogP contribution in [0.4, 0.5) is 5.69 Å². The lowest BCUT2D eigenvalue weighted by atomic mass is 10.0. The Morgan fingerprint density at radius 3 is 2.77 bits per heavy atom. The molecule has 0 bridgehead atoms. The van der Waals surface area contributed by atoms with Gasteiger partial charge in [-0.3, -0.25) is 9.59 Å². The summed E-state index contributed by atoms with van der Waals surface area (Å²) in [6.07, 6.45) is 1.84. The Bertz CT molecular complexity index is 853. The number of nitrogens with two attached hydrogens (primary N) is 1. The summed E-state index contributed by atoms with van der Waals surface area (Å²) in [5, 5.41) is 0.180. The van der Waals surface area contributed by atoms with E-state index in [1.54, 1.807) is 11.0 Å². The summed E-state index contributed by atoms with van der Waals surface area (Å²) >= 11 is 6.25. The molecule has 0 unspecified atom stereocenters. The van der Waals surface area contributed by atoms with E-state index in [0.29, 0.717) is 12.1 Å². The Balaban J connectivity index is 1.93. The summed E-state index contributed by atoms with van der Waals surface area (Å²) in [4.78, 5) is 25.7. The minimum atomic E-state index is -0.631. The van der Waals surface area contributed by atoms with E-state index in [9.17, 15) is 9.59 Å². The zero-order chi connectivity index (χ0) is 18.7. The number of para-hydroxylation sites is 1. The summed E-state index contributed by atoms with van der Waals surface area (Å²) in [5.41, 5.74) is 7.53. The number of methoxy groups -OCH3 is 1. The lowest BCUT2D eigenvalue weighted by Crippen LogP contribution is -2.35. The van der Waals surface area contributed by atoms with Gasteiger partial charge in [0.05, 0.1) is 12.1 Å². The summed E-state index contributed by atoms with van der Waals surface area (Å²) in [7, 11) is 1.44. The number of hydrogen-bond acceptors (Lipinski definition) is 4. The van der Waals surface area contributed by atoms with Gasteiger partial charge in [-0.25, -0.2) is 0 Å². The third-order valence-electron chi connectivity index (χ3n) is 4.19. The number of rotatable bonds is 5. The summed E-state index contributed by atoms with van der Waals surface area (Å²) in [6, 6.07) is 10.9. The quantitative estimate of drug-likeness (QED) is 0.872. The van der Waals surface area contributed by atoms with E-state index in [1.807, 2.05) is 24.3 Å². The highest BCUT2D eigenvalue weighted by molar-refractivity contribution is 6.33.